The van der Waals surface area contributed by atoms with Crippen LogP contribution in [0.1, 0.15) is 17.7 Å². The number of nitrogens with one attached hydrogen (secondary N) is 1. The van der Waals surface area contributed by atoms with Crippen LogP contribution in [0.25, 0.3) is 11.0 Å². The molecular weight excluding hydrogens is 244 g/mol. The number of fused-ring (bicyclic) bond motifs is 1. The Bertz CT molecular complexity index is 563. The zero-order chi connectivity index (χ0) is 13.7. The van der Waals surface area contributed by atoms with E-state index in [9.17, 15) is 4.79 Å². The first kappa shape index (κ1) is 13.5. The summed E-state index contributed by atoms with van der Waals surface area (Å²) in [4.78, 5) is 11.8. The van der Waals surface area contributed by atoms with Crippen molar-refractivity contribution in [1.82, 2.24) is 10.5 Å². The number of ether oxygens (including phenoxy) is 1. The Balaban J connectivity index is 1.97. The van der Waals surface area contributed by atoms with Crippen LogP contribution in [0, 0.1) is 6.92 Å². The Hall–Kier alpha value is -1.88. The predicted molar refractivity (Wildman–Crippen MR) is 72.0 cm³/mol. The fourth-order valence-electron chi connectivity index (χ4n) is 1.89. The van der Waals surface area contributed by atoms with Gasteiger partial charge < -0.3 is 14.6 Å². The summed E-state index contributed by atoms with van der Waals surface area (Å²) in [6.45, 7) is 3.26. The van der Waals surface area contributed by atoms with Crippen molar-refractivity contribution in [2.24, 2.45) is 0 Å². The largest absolute Gasteiger partial charge is 0.385 e. The molecule has 0 bridgehead atoms. The third-order valence-electron chi connectivity index (χ3n) is 2.88. The zero-order valence-corrected chi connectivity index (χ0v) is 11.2. The molecule has 5 heteroatoms. The second kappa shape index (κ2) is 6.33. The van der Waals surface area contributed by atoms with E-state index in [1.807, 2.05) is 25.1 Å². The standard InChI is InChI=1S/C14H18N2O3/c1-10-4-5-13-11(8-10)12(16-19-13)9-14(17)15-6-3-7-18-2/h4-5,8H,3,6-7,9H2,1-2H3,(H,15,17). The molecule has 19 heavy (non-hydrogen) atoms. The number of benzene rings is 1. The summed E-state index contributed by atoms with van der Waals surface area (Å²) in [6.07, 6.45) is 1.05. The molecule has 0 radical (unpaired) electrons. The lowest BCUT2D eigenvalue weighted by molar-refractivity contribution is -0.120. The van der Waals surface area contributed by atoms with Crippen LogP contribution in [0.4, 0.5) is 0 Å². The molecule has 1 heterocycles. The number of carbonyl (C=O) groups is 1. The van der Waals surface area contributed by atoms with E-state index in [1.54, 1.807) is 7.11 Å². The molecule has 0 saturated carbocycles. The lowest BCUT2D eigenvalue weighted by Crippen LogP contribution is -2.26. The highest BCUT2D eigenvalue weighted by atomic mass is 16.5. The van der Waals surface area contributed by atoms with Gasteiger partial charge in [-0.3, -0.25) is 4.79 Å². The van der Waals surface area contributed by atoms with E-state index < -0.39 is 0 Å². The van der Waals surface area contributed by atoms with E-state index in [1.165, 1.54) is 0 Å². The molecule has 0 aliphatic heterocycles. The molecule has 0 saturated heterocycles. The molecule has 1 aromatic carbocycles. The van der Waals surface area contributed by atoms with Gasteiger partial charge in [-0.15, -0.1) is 0 Å². The lowest BCUT2D eigenvalue weighted by Gasteiger charge is -2.03. The van der Waals surface area contributed by atoms with Crippen molar-refractivity contribution in [2.75, 3.05) is 20.3 Å². The van der Waals surface area contributed by atoms with Crippen LogP contribution in [0.15, 0.2) is 22.7 Å². The van der Waals surface area contributed by atoms with E-state index in [2.05, 4.69) is 10.5 Å². The van der Waals surface area contributed by atoms with E-state index in [4.69, 9.17) is 9.26 Å². The van der Waals surface area contributed by atoms with Gasteiger partial charge in [-0.2, -0.15) is 0 Å². The van der Waals surface area contributed by atoms with Gasteiger partial charge in [0.15, 0.2) is 5.58 Å². The van der Waals surface area contributed by atoms with Gasteiger partial charge in [-0.1, -0.05) is 16.8 Å². The van der Waals surface area contributed by atoms with Gasteiger partial charge in [0, 0.05) is 25.6 Å². The fraction of sp³-hybridized carbons (Fsp3) is 0.429. The van der Waals surface area contributed by atoms with Crippen molar-refractivity contribution in [1.29, 1.82) is 0 Å². The van der Waals surface area contributed by atoms with Crippen LogP contribution >= 0.6 is 0 Å². The van der Waals surface area contributed by atoms with Gasteiger partial charge in [0.2, 0.25) is 5.91 Å². The summed E-state index contributed by atoms with van der Waals surface area (Å²) in [6, 6.07) is 5.82. The van der Waals surface area contributed by atoms with Crippen LogP contribution in [-0.4, -0.2) is 31.3 Å². The monoisotopic (exact) mass is 262 g/mol. The molecule has 102 valence electrons. The average Bonchev–Trinajstić information content (AvgIpc) is 2.77. The normalized spacial score (nSPS) is 10.8. The van der Waals surface area contributed by atoms with E-state index in [-0.39, 0.29) is 12.3 Å². The molecule has 1 aromatic heterocycles. The summed E-state index contributed by atoms with van der Waals surface area (Å²) in [7, 11) is 1.64. The molecule has 0 atom stereocenters. The first-order valence-electron chi connectivity index (χ1n) is 6.31. The summed E-state index contributed by atoms with van der Waals surface area (Å²) >= 11 is 0. The molecule has 0 aliphatic carbocycles. The average molecular weight is 262 g/mol. The summed E-state index contributed by atoms with van der Waals surface area (Å²) in [5.74, 6) is -0.0483. The third-order valence-corrected chi connectivity index (χ3v) is 2.88. The molecule has 0 unspecified atom stereocenters. The van der Waals surface area contributed by atoms with E-state index in [0.717, 1.165) is 17.4 Å². The number of rotatable bonds is 6. The highest BCUT2D eigenvalue weighted by molar-refractivity contribution is 5.86. The number of hydrogen-bond acceptors (Lipinski definition) is 4. The quantitative estimate of drug-likeness (QED) is 0.807. The van der Waals surface area contributed by atoms with Gasteiger partial charge in [0.25, 0.3) is 0 Å². The fourth-order valence-corrected chi connectivity index (χ4v) is 1.89. The minimum absolute atomic E-state index is 0.0483. The summed E-state index contributed by atoms with van der Waals surface area (Å²) in [5.41, 5.74) is 2.52. The third kappa shape index (κ3) is 3.54. The maximum absolute atomic E-state index is 11.8. The Morgan fingerprint density at radius 2 is 2.32 bits per heavy atom. The van der Waals surface area contributed by atoms with E-state index >= 15 is 0 Å². The molecule has 2 rings (SSSR count). The van der Waals surface area contributed by atoms with Crippen molar-refractivity contribution in [3.05, 3.63) is 29.5 Å². The number of aromatic nitrogens is 1. The SMILES string of the molecule is COCCCNC(=O)Cc1noc2ccc(C)cc12. The lowest BCUT2D eigenvalue weighted by atomic mass is 10.1. The van der Waals surface area contributed by atoms with Crippen molar-refractivity contribution in [2.45, 2.75) is 19.8 Å². The maximum Gasteiger partial charge on any atom is 0.226 e. The molecule has 0 fully saturated rings. The van der Waals surface area contributed by atoms with Crippen LogP contribution in [0.2, 0.25) is 0 Å². The Morgan fingerprint density at radius 1 is 1.47 bits per heavy atom. The molecule has 1 N–H and O–H groups in total. The highest BCUT2D eigenvalue weighted by Crippen LogP contribution is 2.20. The van der Waals surface area contributed by atoms with Crippen molar-refractivity contribution >= 4 is 16.9 Å². The molecular formula is C14H18N2O3. The molecule has 2 aromatic rings. The van der Waals surface area contributed by atoms with Gasteiger partial charge in [-0.25, -0.2) is 0 Å². The molecule has 0 spiro atoms. The van der Waals surface area contributed by atoms with Crippen molar-refractivity contribution in [3.63, 3.8) is 0 Å². The van der Waals surface area contributed by atoms with Gasteiger partial charge in [0.05, 0.1) is 6.42 Å². The van der Waals surface area contributed by atoms with Crippen LogP contribution in [0.5, 0.6) is 0 Å². The highest BCUT2D eigenvalue weighted by Gasteiger charge is 2.12. The Kier molecular flexibility index (Phi) is 4.52. The van der Waals surface area contributed by atoms with Gasteiger partial charge >= 0.3 is 0 Å². The van der Waals surface area contributed by atoms with Crippen LogP contribution in [0.3, 0.4) is 0 Å². The molecule has 5 nitrogen and oxygen atoms in total. The van der Waals surface area contributed by atoms with Crippen molar-refractivity contribution in [3.8, 4) is 0 Å². The smallest absolute Gasteiger partial charge is 0.226 e. The Morgan fingerprint density at radius 3 is 3.11 bits per heavy atom. The number of methoxy groups -OCH3 is 1. The predicted octanol–water partition coefficient (Wildman–Crippen LogP) is 1.83. The molecule has 1 amide bonds. The number of aryl methyl sites for hydroxylation is 1. The Labute approximate surface area is 111 Å². The van der Waals surface area contributed by atoms with E-state index in [0.29, 0.717) is 24.4 Å². The summed E-state index contributed by atoms with van der Waals surface area (Å²) in [5, 5.41) is 7.70. The van der Waals surface area contributed by atoms with Gasteiger partial charge in [-0.05, 0) is 25.5 Å². The minimum Gasteiger partial charge on any atom is -0.385 e. The van der Waals surface area contributed by atoms with Gasteiger partial charge in [0.1, 0.15) is 5.69 Å². The first-order chi connectivity index (χ1) is 9.20. The van der Waals surface area contributed by atoms with Crippen LogP contribution < -0.4 is 5.32 Å². The number of nitrogens with zero attached hydrogens (tertiary/aromatic N) is 1. The minimum atomic E-state index is -0.0483. The second-order valence-electron chi connectivity index (χ2n) is 4.50. The maximum atomic E-state index is 11.8. The number of carbonyl (C=O) groups excluding carboxylic acids is 1. The van der Waals surface area contributed by atoms with Crippen LogP contribution in [-0.2, 0) is 16.0 Å². The second-order valence-corrected chi connectivity index (χ2v) is 4.50. The summed E-state index contributed by atoms with van der Waals surface area (Å²) < 4.78 is 10.1. The van der Waals surface area contributed by atoms with Crippen molar-refractivity contribution < 1.29 is 14.1 Å². The topological polar surface area (TPSA) is 64.4 Å². The molecule has 0 aliphatic rings. The zero-order valence-electron chi connectivity index (χ0n) is 11.2. The number of hydrogen-bond donors (Lipinski definition) is 1. The first-order valence-corrected chi connectivity index (χ1v) is 6.31. The number of amides is 1.